The normalized spacial score (nSPS) is 10.3. The SMILES string of the molecule is C=Cc1ccc(OCCCC)cc1.CC(C)CNCC(C)C. The molecule has 0 bridgehead atoms. The standard InChI is InChI=1S/C12H16O.C8H19N/c1-3-5-10-13-12-8-6-11(4-2)7-9-12;1-7(2)5-9-6-8(3)4/h4,6-9H,2-3,5,10H2,1H3;7-9H,5-6H2,1-4H3. The van der Waals surface area contributed by atoms with Gasteiger partial charge < -0.3 is 10.1 Å². The predicted molar refractivity (Wildman–Crippen MR) is 99.5 cm³/mol. The second-order valence-corrected chi connectivity index (χ2v) is 6.42. The highest BCUT2D eigenvalue weighted by atomic mass is 16.5. The first kappa shape index (κ1) is 20.7. The van der Waals surface area contributed by atoms with Gasteiger partial charge in [0, 0.05) is 0 Å². The summed E-state index contributed by atoms with van der Waals surface area (Å²) in [5.41, 5.74) is 1.13. The van der Waals surface area contributed by atoms with Crippen LogP contribution in [0.5, 0.6) is 5.75 Å². The van der Waals surface area contributed by atoms with Crippen LogP contribution in [-0.2, 0) is 0 Å². The Morgan fingerprint density at radius 1 is 1.05 bits per heavy atom. The molecule has 1 rings (SSSR count). The number of unbranched alkanes of at least 4 members (excludes halogenated alkanes) is 1. The molecule has 0 atom stereocenters. The fourth-order valence-electron chi connectivity index (χ4n) is 1.70. The summed E-state index contributed by atoms with van der Waals surface area (Å²) < 4.78 is 5.51. The van der Waals surface area contributed by atoms with Crippen LogP contribution in [0.1, 0.15) is 53.0 Å². The molecule has 0 spiro atoms. The first-order valence-electron chi connectivity index (χ1n) is 8.55. The van der Waals surface area contributed by atoms with E-state index in [1.807, 2.05) is 30.3 Å². The second kappa shape index (κ2) is 13.4. The van der Waals surface area contributed by atoms with Crippen molar-refractivity contribution in [1.29, 1.82) is 0 Å². The molecule has 0 amide bonds. The summed E-state index contributed by atoms with van der Waals surface area (Å²) in [6.45, 7) is 17.9. The quantitative estimate of drug-likeness (QED) is 0.617. The minimum absolute atomic E-state index is 0.781. The van der Waals surface area contributed by atoms with Crippen LogP contribution >= 0.6 is 0 Å². The fraction of sp³-hybridized carbons (Fsp3) is 0.600. The highest BCUT2D eigenvalue weighted by Gasteiger charge is 1.94. The molecule has 0 saturated carbocycles. The van der Waals surface area contributed by atoms with Gasteiger partial charge in [-0.2, -0.15) is 0 Å². The predicted octanol–water partition coefficient (Wildman–Crippen LogP) is 5.40. The van der Waals surface area contributed by atoms with Gasteiger partial charge in [-0.25, -0.2) is 0 Å². The molecule has 0 aliphatic rings. The average Bonchev–Trinajstić information content (AvgIpc) is 2.48. The van der Waals surface area contributed by atoms with Crippen molar-refractivity contribution in [3.8, 4) is 5.75 Å². The zero-order chi connectivity index (χ0) is 16.8. The summed E-state index contributed by atoms with van der Waals surface area (Å²) in [6, 6.07) is 7.97. The molecule has 0 aliphatic heterocycles. The van der Waals surface area contributed by atoms with Crippen LogP contribution in [0.4, 0.5) is 0 Å². The van der Waals surface area contributed by atoms with Gasteiger partial charge in [-0.15, -0.1) is 0 Å². The first-order valence-corrected chi connectivity index (χ1v) is 8.55. The van der Waals surface area contributed by atoms with Crippen LogP contribution in [0.15, 0.2) is 30.8 Å². The van der Waals surface area contributed by atoms with Crippen molar-refractivity contribution in [2.75, 3.05) is 19.7 Å². The molecule has 22 heavy (non-hydrogen) atoms. The maximum Gasteiger partial charge on any atom is 0.119 e. The molecule has 2 nitrogen and oxygen atoms in total. The van der Waals surface area contributed by atoms with Crippen LogP contribution in [-0.4, -0.2) is 19.7 Å². The highest BCUT2D eigenvalue weighted by Crippen LogP contribution is 2.12. The Hall–Kier alpha value is -1.28. The smallest absolute Gasteiger partial charge is 0.119 e. The van der Waals surface area contributed by atoms with E-state index in [9.17, 15) is 0 Å². The Morgan fingerprint density at radius 2 is 1.59 bits per heavy atom. The van der Waals surface area contributed by atoms with Gasteiger partial charge in [-0.1, -0.05) is 65.8 Å². The Kier molecular flexibility index (Phi) is 12.6. The third-order valence-electron chi connectivity index (χ3n) is 2.99. The summed E-state index contributed by atoms with van der Waals surface area (Å²) in [6.07, 6.45) is 4.11. The van der Waals surface area contributed by atoms with E-state index in [0.717, 1.165) is 49.3 Å². The van der Waals surface area contributed by atoms with Crippen LogP contribution in [0.2, 0.25) is 0 Å². The lowest BCUT2D eigenvalue weighted by Gasteiger charge is -2.08. The van der Waals surface area contributed by atoms with Gasteiger partial charge in [-0.3, -0.25) is 0 Å². The molecule has 1 N–H and O–H groups in total. The molecule has 0 saturated heterocycles. The van der Waals surface area contributed by atoms with Crippen molar-refractivity contribution in [1.82, 2.24) is 5.32 Å². The molecule has 126 valence electrons. The third kappa shape index (κ3) is 12.5. The van der Waals surface area contributed by atoms with Crippen molar-refractivity contribution >= 4 is 6.08 Å². The Balaban J connectivity index is 0.000000433. The number of hydrogen-bond donors (Lipinski definition) is 1. The molecular weight excluding hydrogens is 270 g/mol. The topological polar surface area (TPSA) is 21.3 Å². The van der Waals surface area contributed by atoms with Crippen molar-refractivity contribution in [2.45, 2.75) is 47.5 Å². The van der Waals surface area contributed by atoms with E-state index in [2.05, 4.69) is 46.5 Å². The maximum atomic E-state index is 5.51. The molecule has 0 aromatic heterocycles. The Bertz CT molecular complexity index is 360. The number of ether oxygens (including phenoxy) is 1. The fourth-order valence-corrected chi connectivity index (χ4v) is 1.70. The summed E-state index contributed by atoms with van der Waals surface area (Å²) in [4.78, 5) is 0. The van der Waals surface area contributed by atoms with E-state index in [0.29, 0.717) is 0 Å². The highest BCUT2D eigenvalue weighted by molar-refractivity contribution is 5.48. The number of benzene rings is 1. The van der Waals surface area contributed by atoms with Crippen molar-refractivity contribution in [3.05, 3.63) is 36.4 Å². The summed E-state index contributed by atoms with van der Waals surface area (Å²) in [5, 5.41) is 3.38. The third-order valence-corrected chi connectivity index (χ3v) is 2.99. The zero-order valence-electron chi connectivity index (χ0n) is 15.2. The summed E-state index contributed by atoms with van der Waals surface area (Å²) in [7, 11) is 0. The van der Waals surface area contributed by atoms with Crippen LogP contribution in [0.25, 0.3) is 6.08 Å². The molecule has 0 radical (unpaired) electrons. The van der Waals surface area contributed by atoms with E-state index >= 15 is 0 Å². The number of rotatable bonds is 9. The second-order valence-electron chi connectivity index (χ2n) is 6.42. The molecule has 0 heterocycles. The minimum Gasteiger partial charge on any atom is -0.494 e. The molecule has 2 heteroatoms. The number of nitrogens with one attached hydrogen (secondary N) is 1. The van der Waals surface area contributed by atoms with E-state index in [-0.39, 0.29) is 0 Å². The van der Waals surface area contributed by atoms with E-state index in [1.54, 1.807) is 0 Å². The zero-order valence-corrected chi connectivity index (χ0v) is 15.2. The van der Waals surface area contributed by atoms with Crippen LogP contribution in [0.3, 0.4) is 0 Å². The van der Waals surface area contributed by atoms with Crippen LogP contribution in [0, 0.1) is 11.8 Å². The van der Waals surface area contributed by atoms with Gasteiger partial charge in [0.15, 0.2) is 0 Å². The van der Waals surface area contributed by atoms with E-state index in [1.165, 1.54) is 6.42 Å². The van der Waals surface area contributed by atoms with Gasteiger partial charge in [0.1, 0.15) is 5.75 Å². The molecule has 1 aromatic carbocycles. The molecule has 0 unspecified atom stereocenters. The van der Waals surface area contributed by atoms with Gasteiger partial charge in [0.2, 0.25) is 0 Å². The molecule has 1 aromatic rings. The van der Waals surface area contributed by atoms with Crippen molar-refractivity contribution in [2.24, 2.45) is 11.8 Å². The minimum atomic E-state index is 0.781. The van der Waals surface area contributed by atoms with E-state index in [4.69, 9.17) is 4.74 Å². The largest absolute Gasteiger partial charge is 0.494 e. The number of hydrogen-bond acceptors (Lipinski definition) is 2. The first-order chi connectivity index (χ1) is 10.5. The van der Waals surface area contributed by atoms with Gasteiger partial charge >= 0.3 is 0 Å². The van der Waals surface area contributed by atoms with Gasteiger partial charge in [0.05, 0.1) is 6.61 Å². The maximum absolute atomic E-state index is 5.51. The lowest BCUT2D eigenvalue weighted by atomic mass is 10.2. The molecule has 0 fully saturated rings. The lowest BCUT2D eigenvalue weighted by molar-refractivity contribution is 0.309. The molecule has 0 aliphatic carbocycles. The van der Waals surface area contributed by atoms with E-state index < -0.39 is 0 Å². The Morgan fingerprint density at radius 3 is 2.00 bits per heavy atom. The van der Waals surface area contributed by atoms with Crippen molar-refractivity contribution < 1.29 is 4.74 Å². The average molecular weight is 306 g/mol. The van der Waals surface area contributed by atoms with Gasteiger partial charge in [-0.05, 0) is 49.0 Å². The van der Waals surface area contributed by atoms with Crippen molar-refractivity contribution in [3.63, 3.8) is 0 Å². The lowest BCUT2D eigenvalue weighted by Crippen LogP contribution is -2.23. The summed E-state index contributed by atoms with van der Waals surface area (Å²) >= 11 is 0. The summed E-state index contributed by atoms with van der Waals surface area (Å²) in [5.74, 6) is 2.51. The Labute approximate surface area is 138 Å². The molecular formula is C20H35NO. The monoisotopic (exact) mass is 305 g/mol. The van der Waals surface area contributed by atoms with Crippen LogP contribution < -0.4 is 10.1 Å². The van der Waals surface area contributed by atoms with Gasteiger partial charge in [0.25, 0.3) is 0 Å².